The Morgan fingerprint density at radius 1 is 1.09 bits per heavy atom. The van der Waals surface area contributed by atoms with Gasteiger partial charge in [-0.3, -0.25) is 0 Å². The molecular formula is C20H20N2. The van der Waals surface area contributed by atoms with Crippen LogP contribution in [0.2, 0.25) is 0 Å². The summed E-state index contributed by atoms with van der Waals surface area (Å²) in [6.07, 6.45) is 1.18. The maximum Gasteiger partial charge on any atom is 0.0727 e. The van der Waals surface area contributed by atoms with Crippen molar-refractivity contribution < 1.29 is 0 Å². The summed E-state index contributed by atoms with van der Waals surface area (Å²) >= 11 is 0. The summed E-state index contributed by atoms with van der Waals surface area (Å²) in [5.41, 5.74) is 5.90. The molecule has 2 heteroatoms. The van der Waals surface area contributed by atoms with Crippen molar-refractivity contribution in [1.29, 1.82) is 0 Å². The fourth-order valence-electron chi connectivity index (χ4n) is 4.69. The van der Waals surface area contributed by atoms with Gasteiger partial charge in [0, 0.05) is 16.6 Å². The molecule has 0 saturated heterocycles. The molecule has 0 radical (unpaired) electrons. The third-order valence-electron chi connectivity index (χ3n) is 5.98. The van der Waals surface area contributed by atoms with Crippen LogP contribution in [0.3, 0.4) is 0 Å². The highest BCUT2D eigenvalue weighted by atomic mass is 15.3. The topological polar surface area (TPSA) is 17.8 Å². The standard InChI is InChI=1S/C20H20N2/c1-12-18-17(11-15-19(18)20(15,2)3)22(21-12)16-10-6-8-13-7-4-5-9-14(13)16/h4-10,15,19H,11H2,1-3H3/t15-,19-/m1/s1. The van der Waals surface area contributed by atoms with Gasteiger partial charge in [-0.05, 0) is 42.0 Å². The van der Waals surface area contributed by atoms with E-state index in [1.807, 2.05) is 0 Å². The summed E-state index contributed by atoms with van der Waals surface area (Å²) in [7, 11) is 0. The van der Waals surface area contributed by atoms with Crippen molar-refractivity contribution in [3.8, 4) is 5.69 Å². The van der Waals surface area contributed by atoms with E-state index in [0.29, 0.717) is 5.41 Å². The molecule has 5 rings (SSSR count). The number of fused-ring (bicyclic) bond motifs is 4. The highest BCUT2D eigenvalue weighted by Crippen LogP contribution is 2.70. The van der Waals surface area contributed by atoms with Crippen molar-refractivity contribution in [2.24, 2.45) is 11.3 Å². The van der Waals surface area contributed by atoms with E-state index in [0.717, 1.165) is 11.8 Å². The van der Waals surface area contributed by atoms with Crippen LogP contribution in [0, 0.1) is 18.3 Å². The first kappa shape index (κ1) is 12.5. The zero-order valence-corrected chi connectivity index (χ0v) is 13.3. The van der Waals surface area contributed by atoms with Gasteiger partial charge >= 0.3 is 0 Å². The second-order valence-electron chi connectivity index (χ2n) is 7.47. The summed E-state index contributed by atoms with van der Waals surface area (Å²) in [4.78, 5) is 0. The van der Waals surface area contributed by atoms with Gasteiger partial charge in [-0.15, -0.1) is 0 Å². The van der Waals surface area contributed by atoms with Gasteiger partial charge in [0.25, 0.3) is 0 Å². The number of rotatable bonds is 1. The predicted octanol–water partition coefficient (Wildman–Crippen LogP) is 4.63. The van der Waals surface area contributed by atoms with E-state index in [1.54, 1.807) is 0 Å². The Balaban J connectivity index is 1.75. The summed E-state index contributed by atoms with van der Waals surface area (Å²) in [5.74, 6) is 1.55. The molecule has 0 N–H and O–H groups in total. The predicted molar refractivity (Wildman–Crippen MR) is 89.5 cm³/mol. The van der Waals surface area contributed by atoms with Crippen LogP contribution in [-0.2, 0) is 6.42 Å². The van der Waals surface area contributed by atoms with E-state index in [1.165, 1.54) is 39.8 Å². The number of nitrogens with zero attached hydrogens (tertiary/aromatic N) is 2. The van der Waals surface area contributed by atoms with E-state index in [9.17, 15) is 0 Å². The molecule has 2 atom stereocenters. The van der Waals surface area contributed by atoms with Crippen LogP contribution in [0.5, 0.6) is 0 Å². The maximum atomic E-state index is 4.91. The minimum Gasteiger partial charge on any atom is -0.237 e. The van der Waals surface area contributed by atoms with Crippen LogP contribution in [0.4, 0.5) is 0 Å². The van der Waals surface area contributed by atoms with Crippen molar-refractivity contribution in [2.45, 2.75) is 33.1 Å². The lowest BCUT2D eigenvalue weighted by molar-refractivity contribution is 0.533. The van der Waals surface area contributed by atoms with Gasteiger partial charge in [-0.25, -0.2) is 4.68 Å². The smallest absolute Gasteiger partial charge is 0.0727 e. The molecule has 2 aliphatic carbocycles. The SMILES string of the molecule is Cc1nn(-c2cccc3ccccc23)c2c1[C@H]1[C@@H](C2)C1(C)C. The fraction of sp³-hybridized carbons (Fsp3) is 0.350. The normalized spacial score (nSPS) is 24.3. The molecule has 110 valence electrons. The molecule has 0 aliphatic heterocycles. The summed E-state index contributed by atoms with van der Waals surface area (Å²) in [6, 6.07) is 15.1. The molecular weight excluding hydrogens is 268 g/mol. The van der Waals surface area contributed by atoms with E-state index >= 15 is 0 Å². The van der Waals surface area contributed by atoms with Gasteiger partial charge in [0.1, 0.15) is 0 Å². The highest BCUT2D eigenvalue weighted by Gasteiger charge is 2.63. The lowest BCUT2D eigenvalue weighted by Gasteiger charge is -2.12. The molecule has 1 aromatic heterocycles. The largest absolute Gasteiger partial charge is 0.237 e. The van der Waals surface area contributed by atoms with Crippen molar-refractivity contribution in [3.63, 3.8) is 0 Å². The maximum absolute atomic E-state index is 4.91. The van der Waals surface area contributed by atoms with Crippen LogP contribution in [0.25, 0.3) is 16.5 Å². The van der Waals surface area contributed by atoms with E-state index < -0.39 is 0 Å². The first-order valence-electron chi connectivity index (χ1n) is 8.15. The molecule has 3 aromatic rings. The van der Waals surface area contributed by atoms with Crippen LogP contribution in [-0.4, -0.2) is 9.78 Å². The Kier molecular flexibility index (Phi) is 2.16. The van der Waals surface area contributed by atoms with E-state index in [4.69, 9.17) is 5.10 Å². The lowest BCUT2D eigenvalue weighted by Crippen LogP contribution is -2.06. The van der Waals surface area contributed by atoms with Gasteiger partial charge in [-0.2, -0.15) is 5.10 Å². The Morgan fingerprint density at radius 3 is 2.73 bits per heavy atom. The van der Waals surface area contributed by atoms with Crippen molar-refractivity contribution in [3.05, 3.63) is 59.4 Å². The molecule has 1 saturated carbocycles. The molecule has 0 unspecified atom stereocenters. The molecule has 1 fully saturated rings. The average Bonchev–Trinajstić information content (AvgIpc) is 2.85. The number of hydrogen-bond acceptors (Lipinski definition) is 1. The zero-order valence-electron chi connectivity index (χ0n) is 13.3. The zero-order chi connectivity index (χ0) is 15.1. The number of aromatic nitrogens is 2. The molecule has 22 heavy (non-hydrogen) atoms. The van der Waals surface area contributed by atoms with Crippen LogP contribution >= 0.6 is 0 Å². The van der Waals surface area contributed by atoms with E-state index in [2.05, 4.69) is 67.9 Å². The number of benzene rings is 2. The highest BCUT2D eigenvalue weighted by molar-refractivity contribution is 5.90. The van der Waals surface area contributed by atoms with Gasteiger partial charge in [-0.1, -0.05) is 50.2 Å². The Bertz CT molecular complexity index is 911. The Hall–Kier alpha value is -2.09. The summed E-state index contributed by atoms with van der Waals surface area (Å²) in [6.45, 7) is 6.98. The minimum atomic E-state index is 0.477. The third-order valence-corrected chi connectivity index (χ3v) is 5.98. The Labute approximate surface area is 130 Å². The minimum absolute atomic E-state index is 0.477. The Morgan fingerprint density at radius 2 is 1.86 bits per heavy atom. The second kappa shape index (κ2) is 3.81. The van der Waals surface area contributed by atoms with E-state index in [-0.39, 0.29) is 0 Å². The molecule has 2 aliphatic rings. The number of hydrogen-bond donors (Lipinski definition) is 0. The summed E-state index contributed by atoms with van der Waals surface area (Å²) < 4.78 is 2.22. The fourth-order valence-corrected chi connectivity index (χ4v) is 4.69. The lowest BCUT2D eigenvalue weighted by atomic mass is 9.98. The molecule has 2 aromatic carbocycles. The van der Waals surface area contributed by atoms with Crippen LogP contribution in [0.1, 0.15) is 36.7 Å². The monoisotopic (exact) mass is 288 g/mol. The molecule has 0 amide bonds. The second-order valence-corrected chi connectivity index (χ2v) is 7.47. The first-order valence-corrected chi connectivity index (χ1v) is 8.15. The van der Waals surface area contributed by atoms with Crippen molar-refractivity contribution in [1.82, 2.24) is 9.78 Å². The molecule has 2 nitrogen and oxygen atoms in total. The van der Waals surface area contributed by atoms with Crippen LogP contribution < -0.4 is 0 Å². The van der Waals surface area contributed by atoms with Gasteiger partial charge < -0.3 is 0 Å². The van der Waals surface area contributed by atoms with Gasteiger partial charge in [0.15, 0.2) is 0 Å². The molecule has 1 heterocycles. The average molecular weight is 288 g/mol. The number of aryl methyl sites for hydroxylation is 1. The van der Waals surface area contributed by atoms with Gasteiger partial charge in [0.05, 0.1) is 11.4 Å². The quantitative estimate of drug-likeness (QED) is 0.638. The third kappa shape index (κ3) is 1.38. The van der Waals surface area contributed by atoms with Gasteiger partial charge in [0.2, 0.25) is 0 Å². The molecule has 0 bridgehead atoms. The van der Waals surface area contributed by atoms with Crippen molar-refractivity contribution >= 4 is 10.8 Å². The molecule has 0 spiro atoms. The van der Waals surface area contributed by atoms with Crippen molar-refractivity contribution in [2.75, 3.05) is 0 Å². The van der Waals surface area contributed by atoms with Crippen LogP contribution in [0.15, 0.2) is 42.5 Å². The first-order chi connectivity index (χ1) is 10.6. The summed E-state index contributed by atoms with van der Waals surface area (Å²) in [5, 5.41) is 7.48.